The molecule has 0 spiro atoms. The number of nitrogens with zero attached hydrogens (tertiary/aromatic N) is 2. The lowest BCUT2D eigenvalue weighted by Crippen LogP contribution is -2.32. The van der Waals surface area contributed by atoms with Crippen molar-refractivity contribution in [1.82, 2.24) is 10.6 Å². The molecule has 0 unspecified atom stereocenters. The van der Waals surface area contributed by atoms with Crippen molar-refractivity contribution in [3.63, 3.8) is 0 Å². The highest BCUT2D eigenvalue weighted by Gasteiger charge is 2.10. The molecule has 3 rings (SSSR count). The Kier molecular flexibility index (Phi) is 17.5. The summed E-state index contributed by atoms with van der Waals surface area (Å²) in [6.07, 6.45) is 9.27. The molecule has 0 bridgehead atoms. The van der Waals surface area contributed by atoms with Gasteiger partial charge in [-0.2, -0.15) is 0 Å². The van der Waals surface area contributed by atoms with Crippen molar-refractivity contribution >= 4 is 19.5 Å². The number of benzene rings is 2. The van der Waals surface area contributed by atoms with Gasteiger partial charge < -0.3 is 20.1 Å². The lowest BCUT2D eigenvalue weighted by molar-refractivity contribution is 0.215. The van der Waals surface area contributed by atoms with Crippen LogP contribution in [0.5, 0.6) is 5.75 Å². The maximum Gasteiger partial charge on any atom is 0.149 e. The van der Waals surface area contributed by atoms with Gasteiger partial charge in [-0.3, -0.25) is 4.99 Å². The van der Waals surface area contributed by atoms with E-state index in [-0.39, 0.29) is 0 Å². The number of methoxy groups -OCH3 is 1. The van der Waals surface area contributed by atoms with E-state index in [2.05, 4.69) is 79.0 Å². The third-order valence-electron chi connectivity index (χ3n) is 5.63. The second-order valence-electron chi connectivity index (χ2n) is 8.66. The molecule has 1 heterocycles. The van der Waals surface area contributed by atoms with E-state index in [1.807, 2.05) is 43.3 Å². The van der Waals surface area contributed by atoms with Crippen LogP contribution >= 0.6 is 0 Å². The fourth-order valence-corrected chi connectivity index (χ4v) is 3.48. The maximum absolute atomic E-state index is 6.05. The van der Waals surface area contributed by atoms with Crippen LogP contribution in [-0.4, -0.2) is 46.9 Å². The van der Waals surface area contributed by atoms with E-state index in [1.54, 1.807) is 14.2 Å². The number of aryl methyl sites for hydroxylation is 1. The fraction of sp³-hybridized carbons (Fsp3) is 0.375. The smallest absolute Gasteiger partial charge is 0.149 e. The molecule has 2 aromatic rings. The van der Waals surface area contributed by atoms with E-state index in [0.29, 0.717) is 30.6 Å². The van der Waals surface area contributed by atoms with Gasteiger partial charge in [-0.15, -0.1) is 0 Å². The Balaban J connectivity index is 0.00000116. The number of para-hydroxylation sites is 1. The first kappa shape index (κ1) is 33.5. The standard InChI is InChI=1S/C28H34N4O.C3H8O.CH3B/c1-21-13-7-5-6-12-18-33-26-17-11-9-15-24(26)20-30-23(3)31-28(32-27(19-21)29-4)25-16-10-8-14-22(25)2;1-3-4-2;1-2/h5,7-11,14-17,19,30H,3,6,12-13,18,20H2,1-2,4H3,(H,29,31,32);3H2,1-2H3;1H3/b7-5-,21-19+;;. The first-order valence-electron chi connectivity index (χ1n) is 13.4. The lowest BCUT2D eigenvalue weighted by Gasteiger charge is -2.17. The molecule has 0 saturated heterocycles. The van der Waals surface area contributed by atoms with E-state index in [9.17, 15) is 0 Å². The van der Waals surface area contributed by atoms with Crippen LogP contribution in [0.4, 0.5) is 0 Å². The summed E-state index contributed by atoms with van der Waals surface area (Å²) in [5, 5.41) is 6.74. The van der Waals surface area contributed by atoms with E-state index in [0.717, 1.165) is 48.3 Å². The highest BCUT2D eigenvalue weighted by Crippen LogP contribution is 2.19. The van der Waals surface area contributed by atoms with E-state index >= 15 is 0 Å². The zero-order chi connectivity index (χ0) is 28.9. The normalized spacial score (nSPS) is 17.8. The molecular weight excluding hydrogens is 483 g/mol. The molecule has 0 fully saturated rings. The Morgan fingerprint density at radius 2 is 1.77 bits per heavy atom. The third-order valence-corrected chi connectivity index (χ3v) is 5.63. The predicted octanol–water partition coefficient (Wildman–Crippen LogP) is 6.54. The highest BCUT2D eigenvalue weighted by atomic mass is 16.5. The van der Waals surface area contributed by atoms with Crippen molar-refractivity contribution in [1.29, 1.82) is 0 Å². The lowest BCUT2D eigenvalue weighted by atomic mass is 10.1. The summed E-state index contributed by atoms with van der Waals surface area (Å²) < 4.78 is 10.6. The van der Waals surface area contributed by atoms with Gasteiger partial charge in [0, 0.05) is 38.4 Å². The Labute approximate surface area is 237 Å². The third kappa shape index (κ3) is 13.2. The number of nitrogens with one attached hydrogen (secondary N) is 2. The topological polar surface area (TPSA) is 67.2 Å². The highest BCUT2D eigenvalue weighted by molar-refractivity contribution is 6.10. The minimum atomic E-state index is 0.594. The summed E-state index contributed by atoms with van der Waals surface area (Å²) in [6.45, 7) is 13.9. The van der Waals surface area contributed by atoms with Crippen LogP contribution in [0.25, 0.3) is 0 Å². The van der Waals surface area contributed by atoms with Crippen LogP contribution in [0, 0.1) is 6.92 Å². The van der Waals surface area contributed by atoms with Crippen LogP contribution in [0.3, 0.4) is 0 Å². The summed E-state index contributed by atoms with van der Waals surface area (Å²) in [4.78, 5) is 9.27. The van der Waals surface area contributed by atoms with Crippen LogP contribution < -0.4 is 15.4 Å². The molecule has 0 atom stereocenters. The fourth-order valence-electron chi connectivity index (χ4n) is 3.48. The molecule has 0 aromatic heterocycles. The first-order valence-corrected chi connectivity index (χ1v) is 13.4. The molecule has 208 valence electrons. The Morgan fingerprint density at radius 3 is 2.46 bits per heavy atom. The van der Waals surface area contributed by atoms with Gasteiger partial charge in [0.1, 0.15) is 17.4 Å². The van der Waals surface area contributed by atoms with Gasteiger partial charge in [-0.05, 0) is 57.7 Å². The molecule has 0 aliphatic carbocycles. The Morgan fingerprint density at radius 1 is 1.08 bits per heavy atom. The Hall–Kier alpha value is -3.58. The minimum Gasteiger partial charge on any atom is -0.493 e. The van der Waals surface area contributed by atoms with Crippen molar-refractivity contribution in [3.8, 4) is 5.75 Å². The number of fused-ring (bicyclic) bond motifs is 1. The molecule has 2 radical (unpaired) electrons. The average Bonchev–Trinajstić information content (AvgIpc) is 2.96. The van der Waals surface area contributed by atoms with Crippen molar-refractivity contribution in [2.45, 2.75) is 53.4 Å². The van der Waals surface area contributed by atoms with Crippen LogP contribution in [0.15, 0.2) is 94.7 Å². The molecule has 2 N–H and O–H groups in total. The minimum absolute atomic E-state index is 0.594. The number of amidine groups is 2. The quantitative estimate of drug-likeness (QED) is 0.343. The number of rotatable bonds is 2. The zero-order valence-corrected chi connectivity index (χ0v) is 24.6. The first-order chi connectivity index (χ1) is 19.0. The summed E-state index contributed by atoms with van der Waals surface area (Å²) in [5.41, 5.74) is 4.41. The maximum atomic E-state index is 6.05. The van der Waals surface area contributed by atoms with Gasteiger partial charge in [-0.25, -0.2) is 4.99 Å². The SMILES string of the molecule is C=C1NCc2ccccc2OCCC/C=C\C/C(C)=C/C(=NC)N=C(c2ccccc2C)N1.CCOC.[B]C. The number of ether oxygens (including phenoxy) is 2. The van der Waals surface area contributed by atoms with Crippen LogP contribution in [0.2, 0.25) is 6.82 Å². The van der Waals surface area contributed by atoms with Gasteiger partial charge in [0.05, 0.1) is 20.3 Å². The van der Waals surface area contributed by atoms with Crippen molar-refractivity contribution < 1.29 is 9.47 Å². The molecule has 7 heteroatoms. The number of allylic oxidation sites excluding steroid dienone is 3. The number of aliphatic imine (C=N–C) groups is 2. The number of hydrogen-bond donors (Lipinski definition) is 2. The largest absolute Gasteiger partial charge is 0.493 e. The summed E-state index contributed by atoms with van der Waals surface area (Å²) in [6, 6.07) is 16.3. The molecule has 0 amide bonds. The molecule has 39 heavy (non-hydrogen) atoms. The number of hydrogen-bond acceptors (Lipinski definition) is 5. The van der Waals surface area contributed by atoms with Crippen LogP contribution in [0.1, 0.15) is 49.8 Å². The monoisotopic (exact) mass is 528 g/mol. The molecular formula is C32H45BN4O2. The van der Waals surface area contributed by atoms with Crippen molar-refractivity contribution in [3.05, 3.63) is 101 Å². The summed E-state index contributed by atoms with van der Waals surface area (Å²) in [5.74, 6) is 2.93. The molecule has 2 aromatic carbocycles. The van der Waals surface area contributed by atoms with Crippen molar-refractivity contribution in [2.75, 3.05) is 27.4 Å². The van der Waals surface area contributed by atoms with E-state index in [4.69, 9.17) is 9.73 Å². The molecule has 0 saturated carbocycles. The molecule has 6 nitrogen and oxygen atoms in total. The summed E-state index contributed by atoms with van der Waals surface area (Å²) in [7, 11) is 7.95. The second kappa shape index (κ2) is 20.4. The second-order valence-corrected chi connectivity index (χ2v) is 8.66. The van der Waals surface area contributed by atoms with E-state index < -0.39 is 0 Å². The van der Waals surface area contributed by atoms with E-state index in [1.165, 1.54) is 12.4 Å². The average molecular weight is 529 g/mol. The van der Waals surface area contributed by atoms with Gasteiger partial charge >= 0.3 is 0 Å². The van der Waals surface area contributed by atoms with Gasteiger partial charge in [-0.1, -0.05) is 73.6 Å². The Bertz CT molecular complexity index is 1120. The van der Waals surface area contributed by atoms with Crippen LogP contribution in [-0.2, 0) is 11.3 Å². The predicted molar refractivity (Wildman–Crippen MR) is 168 cm³/mol. The van der Waals surface area contributed by atoms with Gasteiger partial charge in [0.25, 0.3) is 0 Å². The molecule has 1 aliphatic heterocycles. The zero-order valence-electron chi connectivity index (χ0n) is 24.6. The van der Waals surface area contributed by atoms with Gasteiger partial charge in [0.2, 0.25) is 0 Å². The van der Waals surface area contributed by atoms with Gasteiger partial charge in [0.15, 0.2) is 0 Å². The van der Waals surface area contributed by atoms with Crippen molar-refractivity contribution in [2.24, 2.45) is 9.98 Å². The molecule has 1 aliphatic rings. The summed E-state index contributed by atoms with van der Waals surface area (Å²) >= 11 is 0.